The molecule has 0 radical (unpaired) electrons. The summed E-state index contributed by atoms with van der Waals surface area (Å²) in [4.78, 5) is 17.6. The van der Waals surface area contributed by atoms with Crippen LogP contribution in [0.5, 0.6) is 0 Å². The molecule has 0 spiro atoms. The van der Waals surface area contributed by atoms with E-state index in [1.165, 1.54) is 6.20 Å². The first-order valence-electron chi connectivity index (χ1n) is 3.54. The van der Waals surface area contributed by atoms with Crippen molar-refractivity contribution in [2.75, 3.05) is 0 Å². The van der Waals surface area contributed by atoms with E-state index in [0.29, 0.717) is 5.52 Å². The Morgan fingerprint density at radius 1 is 1.62 bits per heavy atom. The van der Waals surface area contributed by atoms with E-state index in [9.17, 15) is 4.79 Å². The number of halogens is 1. The molecule has 2 aromatic heterocycles. The van der Waals surface area contributed by atoms with Crippen molar-refractivity contribution in [2.45, 2.75) is 0 Å². The fraction of sp³-hybridized carbons (Fsp3) is 0. The fourth-order valence-electron chi connectivity index (χ4n) is 1.15. The van der Waals surface area contributed by atoms with Gasteiger partial charge in [-0.1, -0.05) is 0 Å². The number of hydrogen-bond donors (Lipinski definition) is 2. The standard InChI is InChI=1S/C8H5IN2O2/c9-4-1-6-7(11-2-4)5(3-10-6)8(12)13/h1-3,10H,(H,12,13). The van der Waals surface area contributed by atoms with Crippen LogP contribution < -0.4 is 0 Å². The van der Waals surface area contributed by atoms with Crippen LogP contribution in [0.25, 0.3) is 11.0 Å². The van der Waals surface area contributed by atoms with E-state index >= 15 is 0 Å². The lowest BCUT2D eigenvalue weighted by atomic mass is 10.3. The lowest BCUT2D eigenvalue weighted by Crippen LogP contribution is -1.94. The smallest absolute Gasteiger partial charge is 0.339 e. The van der Waals surface area contributed by atoms with E-state index in [2.05, 4.69) is 32.6 Å². The summed E-state index contributed by atoms with van der Waals surface area (Å²) < 4.78 is 0.976. The average Bonchev–Trinajstić information content (AvgIpc) is 2.46. The number of nitrogens with one attached hydrogen (secondary N) is 1. The van der Waals surface area contributed by atoms with Crippen LogP contribution in [0, 0.1) is 3.57 Å². The van der Waals surface area contributed by atoms with Crippen molar-refractivity contribution in [1.82, 2.24) is 9.97 Å². The average molecular weight is 288 g/mol. The third-order valence-electron chi connectivity index (χ3n) is 1.71. The fourth-order valence-corrected chi connectivity index (χ4v) is 1.60. The molecule has 0 fully saturated rings. The molecule has 4 nitrogen and oxygen atoms in total. The molecule has 0 unspecified atom stereocenters. The van der Waals surface area contributed by atoms with Gasteiger partial charge in [-0.05, 0) is 28.7 Å². The van der Waals surface area contributed by atoms with Crippen molar-refractivity contribution in [3.63, 3.8) is 0 Å². The Labute approximate surface area is 87.1 Å². The molecule has 0 saturated carbocycles. The number of aromatic carboxylic acids is 1. The Kier molecular flexibility index (Phi) is 1.95. The molecular formula is C8H5IN2O2. The second kappa shape index (κ2) is 2.99. The summed E-state index contributed by atoms with van der Waals surface area (Å²) in [6.07, 6.45) is 3.10. The van der Waals surface area contributed by atoms with Gasteiger partial charge in [-0.3, -0.25) is 4.98 Å². The summed E-state index contributed by atoms with van der Waals surface area (Å²) in [7, 11) is 0. The molecule has 66 valence electrons. The number of carbonyl (C=O) groups is 1. The maximum atomic E-state index is 10.7. The molecule has 0 bridgehead atoms. The van der Waals surface area contributed by atoms with Gasteiger partial charge in [-0.25, -0.2) is 4.79 Å². The maximum absolute atomic E-state index is 10.7. The first-order valence-corrected chi connectivity index (χ1v) is 4.62. The number of aromatic nitrogens is 2. The molecule has 0 atom stereocenters. The molecule has 0 aliphatic heterocycles. The molecular weight excluding hydrogens is 283 g/mol. The Morgan fingerprint density at radius 3 is 3.08 bits per heavy atom. The molecule has 2 heterocycles. The minimum atomic E-state index is -0.958. The van der Waals surface area contributed by atoms with Crippen molar-refractivity contribution < 1.29 is 9.90 Å². The molecule has 2 rings (SSSR count). The minimum absolute atomic E-state index is 0.214. The minimum Gasteiger partial charge on any atom is -0.478 e. The third kappa shape index (κ3) is 1.39. The normalized spacial score (nSPS) is 10.5. The summed E-state index contributed by atoms with van der Waals surface area (Å²) >= 11 is 2.12. The van der Waals surface area contributed by atoms with Crippen LogP contribution in [0.15, 0.2) is 18.5 Å². The van der Waals surface area contributed by atoms with Gasteiger partial charge in [0.25, 0.3) is 0 Å². The van der Waals surface area contributed by atoms with Gasteiger partial charge in [-0.2, -0.15) is 0 Å². The molecule has 0 saturated heterocycles. The van der Waals surface area contributed by atoms with Crippen LogP contribution in [0.1, 0.15) is 10.4 Å². The van der Waals surface area contributed by atoms with Crippen molar-refractivity contribution in [2.24, 2.45) is 0 Å². The number of fused-ring (bicyclic) bond motifs is 1. The van der Waals surface area contributed by atoms with Gasteiger partial charge < -0.3 is 10.1 Å². The maximum Gasteiger partial charge on any atom is 0.339 e. The highest BCUT2D eigenvalue weighted by Crippen LogP contribution is 2.17. The van der Waals surface area contributed by atoms with Gasteiger partial charge in [0.1, 0.15) is 11.1 Å². The highest BCUT2D eigenvalue weighted by atomic mass is 127. The monoisotopic (exact) mass is 288 g/mol. The van der Waals surface area contributed by atoms with Gasteiger partial charge in [0.2, 0.25) is 0 Å². The van der Waals surface area contributed by atoms with Crippen LogP contribution >= 0.6 is 22.6 Å². The van der Waals surface area contributed by atoms with Crippen LogP contribution in [0.3, 0.4) is 0 Å². The van der Waals surface area contributed by atoms with Gasteiger partial charge in [-0.15, -0.1) is 0 Å². The van der Waals surface area contributed by atoms with E-state index in [-0.39, 0.29) is 5.56 Å². The molecule has 13 heavy (non-hydrogen) atoms. The van der Waals surface area contributed by atoms with E-state index in [4.69, 9.17) is 5.11 Å². The third-order valence-corrected chi connectivity index (χ3v) is 2.30. The van der Waals surface area contributed by atoms with Crippen LogP contribution in [-0.2, 0) is 0 Å². The summed E-state index contributed by atoms with van der Waals surface area (Å²) in [5, 5.41) is 8.78. The van der Waals surface area contributed by atoms with E-state index in [0.717, 1.165) is 9.09 Å². The van der Waals surface area contributed by atoms with Gasteiger partial charge in [0.15, 0.2) is 0 Å². The predicted molar refractivity (Wildman–Crippen MR) is 55.8 cm³/mol. The zero-order chi connectivity index (χ0) is 9.42. The quantitative estimate of drug-likeness (QED) is 0.787. The van der Waals surface area contributed by atoms with Crippen molar-refractivity contribution in [1.29, 1.82) is 0 Å². The van der Waals surface area contributed by atoms with Gasteiger partial charge in [0, 0.05) is 16.0 Å². The molecule has 0 aliphatic carbocycles. The number of pyridine rings is 1. The second-order valence-corrected chi connectivity index (χ2v) is 3.80. The molecule has 2 aromatic rings. The topological polar surface area (TPSA) is 66.0 Å². The molecule has 0 aromatic carbocycles. The number of nitrogens with zero attached hydrogens (tertiary/aromatic N) is 1. The van der Waals surface area contributed by atoms with Crippen LogP contribution in [0.2, 0.25) is 0 Å². The highest BCUT2D eigenvalue weighted by Gasteiger charge is 2.10. The first-order chi connectivity index (χ1) is 6.18. The second-order valence-electron chi connectivity index (χ2n) is 2.56. The molecule has 0 aliphatic rings. The van der Waals surface area contributed by atoms with Gasteiger partial charge in [0.05, 0.1) is 5.52 Å². The van der Waals surface area contributed by atoms with E-state index in [1.807, 2.05) is 6.07 Å². The van der Waals surface area contributed by atoms with Crippen molar-refractivity contribution >= 4 is 39.6 Å². The van der Waals surface area contributed by atoms with Gasteiger partial charge >= 0.3 is 5.97 Å². The summed E-state index contributed by atoms with van der Waals surface area (Å²) in [6.45, 7) is 0. The Morgan fingerprint density at radius 2 is 2.38 bits per heavy atom. The Hall–Kier alpha value is -1.11. The summed E-state index contributed by atoms with van der Waals surface area (Å²) in [5.41, 5.74) is 1.48. The van der Waals surface area contributed by atoms with E-state index < -0.39 is 5.97 Å². The van der Waals surface area contributed by atoms with Crippen LogP contribution in [-0.4, -0.2) is 21.0 Å². The summed E-state index contributed by atoms with van der Waals surface area (Å²) in [5.74, 6) is -0.958. The number of carboxylic acids is 1. The largest absolute Gasteiger partial charge is 0.478 e. The molecule has 2 N–H and O–H groups in total. The van der Waals surface area contributed by atoms with Crippen LogP contribution in [0.4, 0.5) is 0 Å². The first kappa shape index (κ1) is 8.49. The summed E-state index contributed by atoms with van der Waals surface area (Å²) in [6, 6.07) is 1.86. The Balaban J connectivity index is 2.76. The molecule has 0 amide bonds. The van der Waals surface area contributed by atoms with Crippen molar-refractivity contribution in [3.05, 3.63) is 27.6 Å². The molecule has 5 heteroatoms. The number of carboxylic acid groups (broad SMARTS) is 1. The van der Waals surface area contributed by atoms with Crippen molar-refractivity contribution in [3.8, 4) is 0 Å². The zero-order valence-electron chi connectivity index (χ0n) is 6.41. The lowest BCUT2D eigenvalue weighted by Gasteiger charge is -1.91. The zero-order valence-corrected chi connectivity index (χ0v) is 8.57. The lowest BCUT2D eigenvalue weighted by molar-refractivity contribution is 0.0699. The number of aromatic amines is 1. The Bertz CT molecular complexity index is 478. The van der Waals surface area contributed by atoms with E-state index in [1.54, 1.807) is 6.20 Å². The SMILES string of the molecule is O=C(O)c1c[nH]c2cc(I)cnc12. The predicted octanol–water partition coefficient (Wildman–Crippen LogP) is 1.87. The number of H-pyrrole nitrogens is 1. The number of rotatable bonds is 1. The number of hydrogen-bond acceptors (Lipinski definition) is 2. The highest BCUT2D eigenvalue weighted by molar-refractivity contribution is 14.1.